The van der Waals surface area contributed by atoms with Crippen molar-refractivity contribution >= 4 is 27.8 Å². The first-order valence-electron chi connectivity index (χ1n) is 7.58. The van der Waals surface area contributed by atoms with Gasteiger partial charge in [0, 0.05) is 17.3 Å². The normalized spacial score (nSPS) is 11.0. The molecule has 0 radical (unpaired) electrons. The standard InChI is InChI=1S/C18H19NO3/c1-2-3-10-19-18(20)12-21-13-8-9-17-15(11-13)14-6-4-5-7-16(14)22-17/h4-9,11H,2-3,10,12H2,1H3,(H,19,20). The molecule has 0 saturated heterocycles. The number of carbonyl (C=O) groups excluding carboxylic acids is 1. The summed E-state index contributed by atoms with van der Waals surface area (Å²) < 4.78 is 11.3. The molecule has 114 valence electrons. The van der Waals surface area contributed by atoms with Crippen molar-refractivity contribution in [2.24, 2.45) is 0 Å². The molecule has 0 unspecified atom stereocenters. The first-order chi connectivity index (χ1) is 10.8. The molecule has 1 aromatic heterocycles. The molecular formula is C18H19NO3. The van der Waals surface area contributed by atoms with Gasteiger partial charge in [-0.25, -0.2) is 0 Å². The van der Waals surface area contributed by atoms with Crippen LogP contribution >= 0.6 is 0 Å². The third kappa shape index (κ3) is 3.06. The number of nitrogens with one attached hydrogen (secondary N) is 1. The van der Waals surface area contributed by atoms with Crippen molar-refractivity contribution in [1.82, 2.24) is 5.32 Å². The Labute approximate surface area is 129 Å². The van der Waals surface area contributed by atoms with Crippen molar-refractivity contribution < 1.29 is 13.9 Å². The van der Waals surface area contributed by atoms with E-state index < -0.39 is 0 Å². The number of hydrogen-bond acceptors (Lipinski definition) is 3. The molecule has 0 atom stereocenters. The van der Waals surface area contributed by atoms with E-state index in [9.17, 15) is 4.79 Å². The van der Waals surface area contributed by atoms with Gasteiger partial charge in [0.1, 0.15) is 16.9 Å². The second-order valence-corrected chi connectivity index (χ2v) is 5.25. The molecule has 1 N–H and O–H groups in total. The molecule has 0 aliphatic rings. The van der Waals surface area contributed by atoms with Crippen LogP contribution in [-0.4, -0.2) is 19.1 Å². The van der Waals surface area contributed by atoms with Crippen molar-refractivity contribution in [2.75, 3.05) is 13.2 Å². The summed E-state index contributed by atoms with van der Waals surface area (Å²) in [5.41, 5.74) is 1.67. The summed E-state index contributed by atoms with van der Waals surface area (Å²) in [7, 11) is 0. The molecule has 0 aliphatic heterocycles. The average Bonchev–Trinajstić information content (AvgIpc) is 2.91. The van der Waals surface area contributed by atoms with E-state index in [0.717, 1.165) is 34.8 Å². The predicted molar refractivity (Wildman–Crippen MR) is 87.1 cm³/mol. The lowest BCUT2D eigenvalue weighted by Gasteiger charge is -2.07. The van der Waals surface area contributed by atoms with E-state index in [0.29, 0.717) is 12.3 Å². The summed E-state index contributed by atoms with van der Waals surface area (Å²) >= 11 is 0. The molecular weight excluding hydrogens is 278 g/mol. The van der Waals surface area contributed by atoms with Crippen molar-refractivity contribution in [1.29, 1.82) is 0 Å². The number of furan rings is 1. The minimum absolute atomic E-state index is 0.0327. The molecule has 3 rings (SSSR count). The number of ether oxygens (including phenoxy) is 1. The van der Waals surface area contributed by atoms with Crippen LogP contribution < -0.4 is 10.1 Å². The van der Waals surface area contributed by atoms with E-state index >= 15 is 0 Å². The molecule has 4 heteroatoms. The summed E-state index contributed by atoms with van der Waals surface area (Å²) in [6.45, 7) is 2.82. The highest BCUT2D eigenvalue weighted by Gasteiger charge is 2.08. The first kappa shape index (κ1) is 14.4. The zero-order chi connectivity index (χ0) is 15.4. The van der Waals surface area contributed by atoms with E-state index in [1.54, 1.807) is 0 Å². The van der Waals surface area contributed by atoms with Gasteiger partial charge in [-0.1, -0.05) is 31.5 Å². The third-order valence-electron chi connectivity index (χ3n) is 3.57. The summed E-state index contributed by atoms with van der Waals surface area (Å²) in [5, 5.41) is 4.88. The Morgan fingerprint density at radius 2 is 1.95 bits per heavy atom. The summed E-state index contributed by atoms with van der Waals surface area (Å²) in [6.07, 6.45) is 2.05. The summed E-state index contributed by atoms with van der Waals surface area (Å²) in [4.78, 5) is 11.7. The highest BCUT2D eigenvalue weighted by atomic mass is 16.5. The smallest absolute Gasteiger partial charge is 0.257 e. The van der Waals surface area contributed by atoms with Gasteiger partial charge in [-0.3, -0.25) is 4.79 Å². The minimum Gasteiger partial charge on any atom is -0.484 e. The van der Waals surface area contributed by atoms with Gasteiger partial charge in [-0.2, -0.15) is 0 Å². The number of unbranched alkanes of at least 4 members (excludes halogenated alkanes) is 1. The van der Waals surface area contributed by atoms with E-state index in [1.807, 2.05) is 42.5 Å². The number of carbonyl (C=O) groups is 1. The Hall–Kier alpha value is -2.49. The number of amides is 1. The van der Waals surface area contributed by atoms with Gasteiger partial charge in [0.15, 0.2) is 6.61 Å². The van der Waals surface area contributed by atoms with Gasteiger partial charge in [-0.05, 0) is 30.7 Å². The summed E-state index contributed by atoms with van der Waals surface area (Å²) in [6, 6.07) is 13.5. The van der Waals surface area contributed by atoms with Crippen LogP contribution in [0.5, 0.6) is 5.75 Å². The Morgan fingerprint density at radius 1 is 1.14 bits per heavy atom. The lowest BCUT2D eigenvalue weighted by Crippen LogP contribution is -2.29. The maximum atomic E-state index is 11.7. The molecule has 0 spiro atoms. The van der Waals surface area contributed by atoms with Gasteiger partial charge in [0.2, 0.25) is 0 Å². The van der Waals surface area contributed by atoms with Crippen molar-refractivity contribution in [3.63, 3.8) is 0 Å². The van der Waals surface area contributed by atoms with Gasteiger partial charge in [0.25, 0.3) is 5.91 Å². The van der Waals surface area contributed by atoms with Crippen LogP contribution in [0.15, 0.2) is 46.9 Å². The molecule has 4 nitrogen and oxygen atoms in total. The fourth-order valence-corrected chi connectivity index (χ4v) is 2.40. The number of benzene rings is 2. The second kappa shape index (κ2) is 6.52. The van der Waals surface area contributed by atoms with Gasteiger partial charge in [-0.15, -0.1) is 0 Å². The predicted octanol–water partition coefficient (Wildman–Crippen LogP) is 3.88. The fraction of sp³-hybridized carbons (Fsp3) is 0.278. The fourth-order valence-electron chi connectivity index (χ4n) is 2.40. The quantitative estimate of drug-likeness (QED) is 0.702. The molecule has 0 saturated carbocycles. The Bertz CT molecular complexity index is 791. The first-order valence-corrected chi connectivity index (χ1v) is 7.58. The minimum atomic E-state index is -0.0920. The molecule has 0 fully saturated rings. The van der Waals surface area contributed by atoms with Crippen molar-refractivity contribution in [2.45, 2.75) is 19.8 Å². The molecule has 2 aromatic carbocycles. The lowest BCUT2D eigenvalue weighted by atomic mass is 10.1. The zero-order valence-electron chi connectivity index (χ0n) is 12.6. The Balaban J connectivity index is 1.72. The molecule has 0 aliphatic carbocycles. The maximum Gasteiger partial charge on any atom is 0.257 e. The number of rotatable bonds is 6. The van der Waals surface area contributed by atoms with Gasteiger partial charge in [0.05, 0.1) is 0 Å². The van der Waals surface area contributed by atoms with Crippen LogP contribution in [0.1, 0.15) is 19.8 Å². The number of para-hydroxylation sites is 1. The Kier molecular flexibility index (Phi) is 4.28. The van der Waals surface area contributed by atoms with Gasteiger partial charge >= 0.3 is 0 Å². The maximum absolute atomic E-state index is 11.7. The molecule has 1 amide bonds. The number of hydrogen-bond donors (Lipinski definition) is 1. The van der Waals surface area contributed by atoms with E-state index in [2.05, 4.69) is 12.2 Å². The van der Waals surface area contributed by atoms with Crippen LogP contribution in [0.4, 0.5) is 0 Å². The van der Waals surface area contributed by atoms with E-state index in [4.69, 9.17) is 9.15 Å². The highest BCUT2D eigenvalue weighted by Crippen LogP contribution is 2.31. The van der Waals surface area contributed by atoms with Crippen LogP contribution in [0.25, 0.3) is 21.9 Å². The Morgan fingerprint density at radius 3 is 2.82 bits per heavy atom. The summed E-state index contributed by atoms with van der Waals surface area (Å²) in [5.74, 6) is 0.579. The average molecular weight is 297 g/mol. The van der Waals surface area contributed by atoms with Crippen LogP contribution in [-0.2, 0) is 4.79 Å². The number of fused-ring (bicyclic) bond motifs is 3. The zero-order valence-corrected chi connectivity index (χ0v) is 12.6. The monoisotopic (exact) mass is 297 g/mol. The molecule has 22 heavy (non-hydrogen) atoms. The second-order valence-electron chi connectivity index (χ2n) is 5.25. The highest BCUT2D eigenvalue weighted by molar-refractivity contribution is 6.05. The van der Waals surface area contributed by atoms with Gasteiger partial charge < -0.3 is 14.5 Å². The molecule has 0 bridgehead atoms. The third-order valence-corrected chi connectivity index (χ3v) is 3.57. The SMILES string of the molecule is CCCCNC(=O)COc1ccc2oc3ccccc3c2c1. The molecule has 1 heterocycles. The van der Waals surface area contributed by atoms with Crippen LogP contribution in [0, 0.1) is 0 Å². The van der Waals surface area contributed by atoms with Crippen LogP contribution in [0.3, 0.4) is 0 Å². The van der Waals surface area contributed by atoms with Crippen molar-refractivity contribution in [3.05, 3.63) is 42.5 Å². The molecule has 3 aromatic rings. The van der Waals surface area contributed by atoms with Crippen LogP contribution in [0.2, 0.25) is 0 Å². The van der Waals surface area contributed by atoms with E-state index in [1.165, 1.54) is 0 Å². The largest absolute Gasteiger partial charge is 0.484 e. The lowest BCUT2D eigenvalue weighted by molar-refractivity contribution is -0.123. The topological polar surface area (TPSA) is 51.5 Å². The van der Waals surface area contributed by atoms with Crippen molar-refractivity contribution in [3.8, 4) is 5.75 Å². The van der Waals surface area contributed by atoms with E-state index in [-0.39, 0.29) is 12.5 Å².